The number of hydrogen-bond donors (Lipinski definition) is 0. The van der Waals surface area contributed by atoms with Crippen molar-refractivity contribution < 1.29 is 158 Å². The zero-order valence-electron chi connectivity index (χ0n) is 6.71. The molecule has 0 spiro atoms. The fourth-order valence-corrected chi connectivity index (χ4v) is 0. The zero-order valence-corrected chi connectivity index (χ0v) is 18.6. The van der Waals surface area contributed by atoms with Crippen molar-refractivity contribution >= 4 is 26.2 Å². The van der Waals surface area contributed by atoms with Gasteiger partial charge in [-0.2, -0.15) is 0 Å². The van der Waals surface area contributed by atoms with Gasteiger partial charge in [0.1, 0.15) is 0 Å². The minimum Gasteiger partial charge on any atom is -1.00 e. The van der Waals surface area contributed by atoms with Gasteiger partial charge in [-0.05, 0) is 0 Å². The molecule has 0 aliphatic carbocycles. The predicted octanol–water partition coefficient (Wildman–Crippen LogP) is -9.83. The monoisotopic (exact) mass is 332 g/mol. The smallest absolute Gasteiger partial charge is 1.00 e. The molecular formula is H6BiK3. The summed E-state index contributed by atoms with van der Waals surface area (Å²) in [6, 6.07) is 0. The van der Waals surface area contributed by atoms with Gasteiger partial charge in [0, 0.05) is 0 Å². The van der Waals surface area contributed by atoms with Crippen molar-refractivity contribution in [2.45, 2.75) is 0 Å². The molecule has 4 heteroatoms. The Kier molecular flexibility index (Phi) is 89.8. The van der Waals surface area contributed by atoms with Gasteiger partial charge < -0.3 is 4.28 Å². The Morgan fingerprint density at radius 3 is 0.750 bits per heavy atom. The van der Waals surface area contributed by atoms with E-state index in [4.69, 9.17) is 0 Å². The molecule has 0 aromatic rings. The van der Waals surface area contributed by atoms with E-state index in [1.165, 1.54) is 0 Å². The quantitative estimate of drug-likeness (QED) is 0.387. The van der Waals surface area contributed by atoms with Gasteiger partial charge in [-0.3, -0.25) is 0 Å². The van der Waals surface area contributed by atoms with Gasteiger partial charge in [-0.15, -0.1) is 0 Å². The first-order valence-electron chi connectivity index (χ1n) is 0. The topological polar surface area (TPSA) is 0 Å². The summed E-state index contributed by atoms with van der Waals surface area (Å²) in [5.41, 5.74) is 0. The van der Waals surface area contributed by atoms with E-state index < -0.39 is 0 Å². The minimum atomic E-state index is 0. The molecule has 0 fully saturated rings. The third-order valence-corrected chi connectivity index (χ3v) is 0. The van der Waals surface area contributed by atoms with E-state index in [0.29, 0.717) is 0 Å². The van der Waals surface area contributed by atoms with E-state index in [-0.39, 0.29) is 185 Å². The molecule has 0 radical (unpaired) electrons. The van der Waals surface area contributed by atoms with Crippen molar-refractivity contribution in [2.75, 3.05) is 0 Å². The Morgan fingerprint density at radius 1 is 0.750 bits per heavy atom. The Labute approximate surface area is 178 Å². The normalized spacial score (nSPS) is 0. The van der Waals surface area contributed by atoms with Gasteiger partial charge >= 0.3 is 180 Å². The fraction of sp³-hybridized carbons (Fsp3) is 0. The molecule has 4 heavy (non-hydrogen) atoms. The summed E-state index contributed by atoms with van der Waals surface area (Å²) in [4.78, 5) is 0. The first kappa shape index (κ1) is 22.6. The molecule has 0 saturated carbocycles. The van der Waals surface area contributed by atoms with Crippen molar-refractivity contribution in [3.05, 3.63) is 0 Å². The van der Waals surface area contributed by atoms with E-state index in [1.54, 1.807) is 0 Å². The second kappa shape index (κ2) is 15.9. The van der Waals surface area contributed by atoms with Crippen LogP contribution in [0.15, 0.2) is 0 Å². The molecule has 0 nitrogen and oxygen atoms in total. The van der Waals surface area contributed by atoms with Gasteiger partial charge in [-0.25, -0.2) is 0 Å². The van der Waals surface area contributed by atoms with Crippen LogP contribution >= 0.6 is 0 Å². The number of hydrogen-bond acceptors (Lipinski definition) is 0. The van der Waals surface area contributed by atoms with Crippen molar-refractivity contribution in [3.63, 3.8) is 0 Å². The molecule has 14 valence electrons. The third kappa shape index (κ3) is 10.7. The molecule has 0 aliphatic heterocycles. The van der Waals surface area contributed by atoms with Crippen LogP contribution in [0.2, 0.25) is 0 Å². The van der Waals surface area contributed by atoms with Crippen molar-refractivity contribution in [1.29, 1.82) is 0 Å². The SMILES string of the molecule is [BiH3].[H-].[H-].[H-].[K+].[K+].[K+]. The molecule has 0 atom stereocenters. The van der Waals surface area contributed by atoms with Gasteiger partial charge in [0.25, 0.3) is 0 Å². The maximum Gasteiger partial charge on any atom is 1.00 e. The summed E-state index contributed by atoms with van der Waals surface area (Å²) in [6.45, 7) is 0. The van der Waals surface area contributed by atoms with Crippen molar-refractivity contribution in [2.24, 2.45) is 0 Å². The van der Waals surface area contributed by atoms with Gasteiger partial charge in [0.05, 0.1) is 0 Å². The largest absolute Gasteiger partial charge is 1.00 e. The Morgan fingerprint density at radius 2 is 0.750 bits per heavy atom. The van der Waals surface area contributed by atoms with Gasteiger partial charge in [0.15, 0.2) is 0 Å². The molecular weight excluding hydrogens is 326 g/mol. The van der Waals surface area contributed by atoms with E-state index in [2.05, 4.69) is 0 Å². The molecule has 0 rings (SSSR count). The van der Waals surface area contributed by atoms with Crippen LogP contribution in [0.1, 0.15) is 4.28 Å². The van der Waals surface area contributed by atoms with Crippen LogP contribution in [0.25, 0.3) is 0 Å². The Hall–Kier alpha value is 5.79. The van der Waals surface area contributed by atoms with Crippen molar-refractivity contribution in [1.82, 2.24) is 0 Å². The average Bonchev–Trinajstić information content (AvgIpc) is 0. The summed E-state index contributed by atoms with van der Waals surface area (Å²) < 4.78 is 0. The van der Waals surface area contributed by atoms with Crippen LogP contribution in [0.3, 0.4) is 0 Å². The maximum absolute atomic E-state index is 0. The Bertz CT molecular complexity index is 10.1. The van der Waals surface area contributed by atoms with Gasteiger partial charge in [0.2, 0.25) is 0 Å². The van der Waals surface area contributed by atoms with Crippen LogP contribution in [0, 0.1) is 0 Å². The summed E-state index contributed by atoms with van der Waals surface area (Å²) >= 11 is 0. The van der Waals surface area contributed by atoms with E-state index in [0.717, 1.165) is 0 Å². The van der Waals surface area contributed by atoms with Crippen LogP contribution in [-0.4, -0.2) is 26.2 Å². The van der Waals surface area contributed by atoms with Crippen LogP contribution in [0.5, 0.6) is 0 Å². The minimum absolute atomic E-state index is 0. The average molecular weight is 332 g/mol. The second-order valence-corrected chi connectivity index (χ2v) is 0. The molecule has 0 heterocycles. The summed E-state index contributed by atoms with van der Waals surface area (Å²) in [6.07, 6.45) is 0. The maximum atomic E-state index is 0. The van der Waals surface area contributed by atoms with Gasteiger partial charge in [-0.1, -0.05) is 0 Å². The predicted molar refractivity (Wildman–Crippen MR) is 13.3 cm³/mol. The van der Waals surface area contributed by atoms with Crippen LogP contribution < -0.4 is 154 Å². The molecule has 0 saturated heterocycles. The molecule has 0 amide bonds. The van der Waals surface area contributed by atoms with E-state index in [9.17, 15) is 0 Å². The molecule has 0 aromatic carbocycles. The fourth-order valence-electron chi connectivity index (χ4n) is 0. The standard InChI is InChI=1S/Bi.3K.6H/q;3*+1;;;;3*-1. The van der Waals surface area contributed by atoms with E-state index >= 15 is 0 Å². The first-order valence-corrected chi connectivity index (χ1v) is 0. The Balaban J connectivity index is 0. The second-order valence-electron chi connectivity index (χ2n) is 0. The third-order valence-electron chi connectivity index (χ3n) is 0. The molecule has 0 unspecified atom stereocenters. The molecule has 0 N–H and O–H groups in total. The molecule has 0 aliphatic rings. The summed E-state index contributed by atoms with van der Waals surface area (Å²) in [5, 5.41) is 0. The van der Waals surface area contributed by atoms with Crippen LogP contribution in [0.4, 0.5) is 0 Å². The van der Waals surface area contributed by atoms with Crippen LogP contribution in [-0.2, 0) is 0 Å². The molecule has 0 bridgehead atoms. The number of rotatable bonds is 0. The van der Waals surface area contributed by atoms with Crippen molar-refractivity contribution in [3.8, 4) is 0 Å². The summed E-state index contributed by atoms with van der Waals surface area (Å²) in [7, 11) is 0. The zero-order chi connectivity index (χ0) is 0. The summed E-state index contributed by atoms with van der Waals surface area (Å²) in [5.74, 6) is 0. The first-order chi connectivity index (χ1) is 0. The molecule has 0 aromatic heterocycles. The van der Waals surface area contributed by atoms with E-state index in [1.807, 2.05) is 0 Å².